The minimum Gasteiger partial charge on any atom is -0.497 e. The molecular formula is C34H40N6O9. The first-order chi connectivity index (χ1) is 23.7. The molecule has 2 aromatic carbocycles. The van der Waals surface area contributed by atoms with Crippen LogP contribution < -0.4 is 20.1 Å². The molecule has 0 bridgehead atoms. The van der Waals surface area contributed by atoms with Crippen molar-refractivity contribution >= 4 is 29.0 Å². The maximum atomic E-state index is 12.3. The monoisotopic (exact) mass is 676 g/mol. The Morgan fingerprint density at radius 3 is 2.43 bits per heavy atom. The van der Waals surface area contributed by atoms with E-state index >= 15 is 0 Å². The number of rotatable bonds is 14. The Balaban J connectivity index is 1.06. The molecule has 260 valence electrons. The number of carbonyl (C=O) groups excluding carboxylic acids is 2. The lowest BCUT2D eigenvalue weighted by Crippen LogP contribution is -2.35. The first kappa shape index (κ1) is 33.9. The number of benzene rings is 2. The number of hydrogen-bond donors (Lipinski definition) is 2. The van der Waals surface area contributed by atoms with Crippen LogP contribution in [0.1, 0.15) is 44.0 Å². The molecule has 2 aromatic heterocycles. The summed E-state index contributed by atoms with van der Waals surface area (Å²) in [6, 6.07) is 15.6. The van der Waals surface area contributed by atoms with Gasteiger partial charge in [-0.05, 0) is 55.7 Å². The fourth-order valence-corrected chi connectivity index (χ4v) is 5.70. The van der Waals surface area contributed by atoms with Crippen molar-refractivity contribution in [3.63, 3.8) is 0 Å². The minimum atomic E-state index is -0.875. The van der Waals surface area contributed by atoms with Gasteiger partial charge < -0.3 is 43.8 Å². The summed E-state index contributed by atoms with van der Waals surface area (Å²) < 4.78 is 41.7. The lowest BCUT2D eigenvalue weighted by Gasteiger charge is -2.24. The van der Waals surface area contributed by atoms with Gasteiger partial charge in [-0.15, -0.1) is 0 Å². The Kier molecular flexibility index (Phi) is 10.4. The molecule has 2 aliphatic rings. The number of alkyl carbamates (subject to hydrolysis) is 1. The van der Waals surface area contributed by atoms with Crippen molar-refractivity contribution in [2.45, 2.75) is 70.2 Å². The molecule has 2 N–H and O–H groups in total. The summed E-state index contributed by atoms with van der Waals surface area (Å²) in [5, 5.41) is 5.99. The maximum absolute atomic E-state index is 12.3. The molecule has 4 atom stereocenters. The van der Waals surface area contributed by atoms with E-state index in [1.54, 1.807) is 18.0 Å². The normalized spacial score (nSPS) is 20.8. The van der Waals surface area contributed by atoms with Gasteiger partial charge in [-0.1, -0.05) is 24.3 Å². The van der Waals surface area contributed by atoms with E-state index in [1.165, 1.54) is 13.4 Å². The van der Waals surface area contributed by atoms with Crippen molar-refractivity contribution in [1.29, 1.82) is 0 Å². The Bertz CT molecular complexity index is 1730. The van der Waals surface area contributed by atoms with Gasteiger partial charge in [0.25, 0.3) is 0 Å². The first-order valence-corrected chi connectivity index (χ1v) is 16.0. The Morgan fingerprint density at radius 2 is 1.67 bits per heavy atom. The second kappa shape index (κ2) is 15.1. The second-order valence-corrected chi connectivity index (χ2v) is 12.0. The number of fused-ring (bicyclic) bond motifs is 2. The highest BCUT2D eigenvalue weighted by molar-refractivity contribution is 5.82. The number of nitrogens with zero attached hydrogens (tertiary/aromatic N) is 4. The SMILES string of the molecule is COC(=O)CCCNC(=O)OC[C@H]1O[C@@H](n2cnc3c(NCc4ccc(OCc5ccc(OC)cc5)cc4)ncnc32)C2OC(C)(C)OC21. The third-order valence-corrected chi connectivity index (χ3v) is 8.14. The highest BCUT2D eigenvalue weighted by atomic mass is 16.8. The molecule has 2 saturated heterocycles. The lowest BCUT2D eigenvalue weighted by atomic mass is 10.1. The summed E-state index contributed by atoms with van der Waals surface area (Å²) in [5.74, 6) is 0.912. The smallest absolute Gasteiger partial charge is 0.407 e. The van der Waals surface area contributed by atoms with E-state index in [-0.39, 0.29) is 25.5 Å². The predicted molar refractivity (Wildman–Crippen MR) is 175 cm³/mol. The van der Waals surface area contributed by atoms with E-state index in [0.717, 1.165) is 22.6 Å². The van der Waals surface area contributed by atoms with Crippen molar-refractivity contribution in [3.05, 3.63) is 72.3 Å². The molecule has 0 radical (unpaired) electrons. The number of carbonyl (C=O) groups is 2. The zero-order valence-corrected chi connectivity index (χ0v) is 27.8. The average Bonchev–Trinajstić information content (AvgIpc) is 3.78. The minimum absolute atomic E-state index is 0.0698. The molecule has 2 unspecified atom stereocenters. The third kappa shape index (κ3) is 8.18. The molecule has 6 rings (SSSR count). The van der Waals surface area contributed by atoms with Crippen LogP contribution in [-0.4, -0.2) is 83.1 Å². The quantitative estimate of drug-likeness (QED) is 0.145. The standard InChI is InChI=1S/C34H40N6O9/c1-34(2)48-28-25(18-46-33(42)35-15-5-6-26(41)44-4)47-32(29(28)49-34)40-20-39-27-30(37-19-38-31(27)40)36-16-21-7-13-24(14-8-21)45-17-22-9-11-23(43-3)12-10-22/h7-14,19-20,25,28-29,32H,5-6,15-18H2,1-4H3,(H,35,42)(H,36,37,38)/t25-,28?,29?,32-/m1/s1. The number of amides is 1. The fourth-order valence-electron chi connectivity index (χ4n) is 5.70. The first-order valence-electron chi connectivity index (χ1n) is 16.0. The Hall–Kier alpha value is -4.99. The van der Waals surface area contributed by atoms with E-state index in [9.17, 15) is 9.59 Å². The van der Waals surface area contributed by atoms with Gasteiger partial charge in [-0.3, -0.25) is 9.36 Å². The Morgan fingerprint density at radius 1 is 0.939 bits per heavy atom. The van der Waals surface area contributed by atoms with E-state index < -0.39 is 36.4 Å². The molecule has 15 nitrogen and oxygen atoms in total. The van der Waals surface area contributed by atoms with Gasteiger partial charge in [0.15, 0.2) is 29.0 Å². The zero-order valence-electron chi connectivity index (χ0n) is 27.8. The molecule has 0 aliphatic carbocycles. The van der Waals surface area contributed by atoms with Crippen molar-refractivity contribution in [1.82, 2.24) is 24.8 Å². The summed E-state index contributed by atoms with van der Waals surface area (Å²) in [7, 11) is 2.96. The summed E-state index contributed by atoms with van der Waals surface area (Å²) in [4.78, 5) is 37.1. The fraction of sp³-hybridized carbons (Fsp3) is 0.441. The van der Waals surface area contributed by atoms with Crippen molar-refractivity contribution in [2.24, 2.45) is 0 Å². The number of imidazole rings is 1. The molecule has 1 amide bonds. The number of methoxy groups -OCH3 is 2. The molecule has 15 heteroatoms. The van der Waals surface area contributed by atoms with Crippen LogP contribution in [0, 0.1) is 0 Å². The number of esters is 1. The summed E-state index contributed by atoms with van der Waals surface area (Å²) >= 11 is 0. The summed E-state index contributed by atoms with van der Waals surface area (Å²) in [5.41, 5.74) is 3.18. The largest absolute Gasteiger partial charge is 0.497 e. The van der Waals surface area contributed by atoms with E-state index in [1.807, 2.05) is 62.4 Å². The number of aromatic nitrogens is 4. The maximum Gasteiger partial charge on any atom is 0.407 e. The molecule has 2 aliphatic heterocycles. The van der Waals surface area contributed by atoms with Gasteiger partial charge in [-0.25, -0.2) is 19.7 Å². The van der Waals surface area contributed by atoms with E-state index in [0.29, 0.717) is 36.6 Å². The van der Waals surface area contributed by atoms with Gasteiger partial charge >= 0.3 is 12.1 Å². The van der Waals surface area contributed by atoms with Crippen molar-refractivity contribution in [2.75, 3.05) is 32.7 Å². The second-order valence-electron chi connectivity index (χ2n) is 12.0. The molecular weight excluding hydrogens is 636 g/mol. The van der Waals surface area contributed by atoms with Gasteiger partial charge in [0.1, 0.15) is 49.4 Å². The van der Waals surface area contributed by atoms with Crippen LogP contribution in [0.4, 0.5) is 10.6 Å². The van der Waals surface area contributed by atoms with Crippen LogP contribution in [0.5, 0.6) is 11.5 Å². The number of nitrogens with one attached hydrogen (secondary N) is 2. The molecule has 0 spiro atoms. The molecule has 4 aromatic rings. The number of ether oxygens (including phenoxy) is 7. The van der Waals surface area contributed by atoms with E-state index in [4.69, 9.17) is 28.4 Å². The van der Waals surface area contributed by atoms with Gasteiger partial charge in [0.05, 0.1) is 20.5 Å². The van der Waals surface area contributed by atoms with Crippen LogP contribution in [0.15, 0.2) is 61.2 Å². The summed E-state index contributed by atoms with van der Waals surface area (Å²) in [6.07, 6.45) is 0.813. The highest BCUT2D eigenvalue weighted by Gasteiger charge is 2.56. The van der Waals surface area contributed by atoms with Crippen LogP contribution in [0.3, 0.4) is 0 Å². The van der Waals surface area contributed by atoms with Gasteiger partial charge in [0, 0.05) is 19.5 Å². The van der Waals surface area contributed by atoms with Crippen LogP contribution in [0.2, 0.25) is 0 Å². The van der Waals surface area contributed by atoms with Crippen molar-refractivity contribution < 1.29 is 42.7 Å². The predicted octanol–water partition coefficient (Wildman–Crippen LogP) is 4.12. The lowest BCUT2D eigenvalue weighted by molar-refractivity contribution is -0.199. The van der Waals surface area contributed by atoms with Crippen molar-refractivity contribution in [3.8, 4) is 11.5 Å². The average molecular weight is 677 g/mol. The van der Waals surface area contributed by atoms with Gasteiger partial charge in [-0.2, -0.15) is 0 Å². The number of anilines is 1. The van der Waals surface area contributed by atoms with Crippen LogP contribution in [0.25, 0.3) is 11.2 Å². The molecule has 0 saturated carbocycles. The molecule has 49 heavy (non-hydrogen) atoms. The van der Waals surface area contributed by atoms with Gasteiger partial charge in [0.2, 0.25) is 0 Å². The van der Waals surface area contributed by atoms with Crippen LogP contribution in [-0.2, 0) is 41.6 Å². The van der Waals surface area contributed by atoms with Crippen LogP contribution >= 0.6 is 0 Å². The molecule has 2 fully saturated rings. The molecule has 4 heterocycles. The number of hydrogen-bond acceptors (Lipinski definition) is 13. The highest BCUT2D eigenvalue weighted by Crippen LogP contribution is 2.44. The summed E-state index contributed by atoms with van der Waals surface area (Å²) in [6.45, 7) is 4.79. The zero-order chi connectivity index (χ0) is 34.4. The topological polar surface area (TPSA) is 166 Å². The van der Waals surface area contributed by atoms with E-state index in [2.05, 4.69) is 30.3 Å². The Labute approximate surface area is 283 Å². The third-order valence-electron chi connectivity index (χ3n) is 8.14.